The molecule has 2 amide bonds. The monoisotopic (exact) mass is 320 g/mol. The molecule has 0 aromatic heterocycles. The van der Waals surface area contributed by atoms with Crippen molar-refractivity contribution in [2.45, 2.75) is 33.0 Å². The molecular formula is C14H16F4N2O2. The van der Waals surface area contributed by atoms with Crippen LogP contribution in [0.4, 0.5) is 17.6 Å². The molecule has 0 saturated heterocycles. The Morgan fingerprint density at radius 3 is 2.14 bits per heavy atom. The fourth-order valence-corrected chi connectivity index (χ4v) is 1.81. The fraction of sp³-hybridized carbons (Fsp3) is 0.429. The third-order valence-corrected chi connectivity index (χ3v) is 2.96. The van der Waals surface area contributed by atoms with E-state index in [4.69, 9.17) is 5.73 Å². The number of primary amides is 1. The molecule has 0 bridgehead atoms. The summed E-state index contributed by atoms with van der Waals surface area (Å²) in [7, 11) is 0. The van der Waals surface area contributed by atoms with Crippen LogP contribution in [-0.4, -0.2) is 17.9 Å². The number of nitrogens with two attached hydrogens (primary N) is 1. The molecule has 0 heterocycles. The number of halogens is 4. The second-order valence-electron chi connectivity index (χ2n) is 5.87. The first kappa shape index (κ1) is 17.9. The largest absolute Gasteiger partial charge is 0.419 e. The molecule has 1 aromatic carbocycles. The highest BCUT2D eigenvalue weighted by molar-refractivity contribution is 5.97. The van der Waals surface area contributed by atoms with Crippen LogP contribution < -0.4 is 11.1 Å². The number of hydrogen-bond donors (Lipinski definition) is 2. The van der Waals surface area contributed by atoms with E-state index >= 15 is 0 Å². The van der Waals surface area contributed by atoms with Gasteiger partial charge in [0.1, 0.15) is 11.9 Å². The number of nitrogens with one attached hydrogen (secondary N) is 1. The predicted molar refractivity (Wildman–Crippen MR) is 71.3 cm³/mol. The van der Waals surface area contributed by atoms with Crippen LogP contribution in [0.25, 0.3) is 0 Å². The number of alkyl halides is 3. The summed E-state index contributed by atoms with van der Waals surface area (Å²) in [6.45, 7) is 4.90. The van der Waals surface area contributed by atoms with Crippen molar-refractivity contribution in [1.82, 2.24) is 5.32 Å². The third kappa shape index (κ3) is 4.19. The second kappa shape index (κ2) is 5.94. The lowest BCUT2D eigenvalue weighted by Gasteiger charge is -2.28. The van der Waals surface area contributed by atoms with Gasteiger partial charge in [0.25, 0.3) is 5.91 Å². The zero-order valence-electron chi connectivity index (χ0n) is 12.2. The Kier molecular flexibility index (Phi) is 4.84. The van der Waals surface area contributed by atoms with Crippen LogP contribution in [0.5, 0.6) is 0 Å². The number of carbonyl (C=O) groups excluding carboxylic acids is 2. The van der Waals surface area contributed by atoms with Gasteiger partial charge in [0, 0.05) is 5.56 Å². The maximum atomic E-state index is 13.2. The van der Waals surface area contributed by atoms with Crippen LogP contribution >= 0.6 is 0 Å². The zero-order chi connectivity index (χ0) is 17.3. The van der Waals surface area contributed by atoms with Crippen molar-refractivity contribution in [2.24, 2.45) is 11.1 Å². The molecule has 0 spiro atoms. The average Bonchev–Trinajstić information content (AvgIpc) is 2.32. The van der Waals surface area contributed by atoms with E-state index in [0.717, 1.165) is 6.07 Å². The summed E-state index contributed by atoms with van der Waals surface area (Å²) >= 11 is 0. The molecule has 0 aliphatic rings. The molecular weight excluding hydrogens is 304 g/mol. The van der Waals surface area contributed by atoms with Crippen molar-refractivity contribution in [2.75, 3.05) is 0 Å². The van der Waals surface area contributed by atoms with Gasteiger partial charge in [-0.05, 0) is 23.6 Å². The molecule has 22 heavy (non-hydrogen) atoms. The van der Waals surface area contributed by atoms with Gasteiger partial charge >= 0.3 is 6.18 Å². The number of benzene rings is 1. The van der Waals surface area contributed by atoms with Gasteiger partial charge in [-0.3, -0.25) is 9.59 Å². The van der Waals surface area contributed by atoms with Crippen molar-refractivity contribution >= 4 is 11.8 Å². The molecule has 0 fully saturated rings. The lowest BCUT2D eigenvalue weighted by molar-refractivity contribution is -0.140. The van der Waals surface area contributed by atoms with Gasteiger partial charge in [0.05, 0.1) is 5.56 Å². The molecule has 0 aliphatic heterocycles. The first-order chi connectivity index (χ1) is 9.84. The molecule has 0 aliphatic carbocycles. The number of amides is 2. The molecule has 0 radical (unpaired) electrons. The molecule has 0 saturated carbocycles. The minimum Gasteiger partial charge on any atom is -0.368 e. The first-order valence-corrected chi connectivity index (χ1v) is 6.31. The summed E-state index contributed by atoms with van der Waals surface area (Å²) < 4.78 is 51.1. The maximum Gasteiger partial charge on any atom is 0.419 e. The number of rotatable bonds is 3. The van der Waals surface area contributed by atoms with E-state index < -0.39 is 46.4 Å². The van der Waals surface area contributed by atoms with Crippen LogP contribution in [0, 0.1) is 11.2 Å². The highest BCUT2D eigenvalue weighted by Crippen LogP contribution is 2.32. The van der Waals surface area contributed by atoms with Crippen molar-refractivity contribution in [3.8, 4) is 0 Å². The fourth-order valence-electron chi connectivity index (χ4n) is 1.81. The Bertz CT molecular complexity index is 591. The Hall–Kier alpha value is -2.12. The zero-order valence-corrected chi connectivity index (χ0v) is 12.2. The van der Waals surface area contributed by atoms with Gasteiger partial charge in [0.2, 0.25) is 5.91 Å². The molecule has 122 valence electrons. The number of carbonyl (C=O) groups is 2. The van der Waals surface area contributed by atoms with Crippen molar-refractivity contribution < 1.29 is 27.2 Å². The van der Waals surface area contributed by atoms with Crippen molar-refractivity contribution in [3.05, 3.63) is 35.1 Å². The summed E-state index contributed by atoms with van der Waals surface area (Å²) in [6.07, 6.45) is -4.92. The molecule has 0 unspecified atom stereocenters. The van der Waals surface area contributed by atoms with E-state index in [2.05, 4.69) is 5.32 Å². The number of hydrogen-bond acceptors (Lipinski definition) is 2. The molecule has 1 rings (SSSR count). The minimum absolute atomic E-state index is 0.394. The van der Waals surface area contributed by atoms with E-state index in [1.54, 1.807) is 20.8 Å². The highest BCUT2D eigenvalue weighted by Gasteiger charge is 2.35. The Morgan fingerprint density at radius 1 is 1.18 bits per heavy atom. The van der Waals surface area contributed by atoms with Crippen molar-refractivity contribution in [3.63, 3.8) is 0 Å². The third-order valence-electron chi connectivity index (χ3n) is 2.96. The quantitative estimate of drug-likeness (QED) is 0.840. The maximum absolute atomic E-state index is 13.2. The van der Waals surface area contributed by atoms with E-state index in [0.29, 0.717) is 12.1 Å². The van der Waals surface area contributed by atoms with Gasteiger partial charge in [-0.15, -0.1) is 0 Å². The Balaban J connectivity index is 3.12. The van der Waals surface area contributed by atoms with E-state index in [9.17, 15) is 27.2 Å². The van der Waals surface area contributed by atoms with E-state index in [1.165, 1.54) is 0 Å². The standard InChI is InChI=1S/C14H16F4N2O2/c1-13(2,3)10(11(19)21)20-12(22)7-4-5-9(15)8(6-7)14(16,17)18/h4-6,10H,1-3H3,(H2,19,21)(H,20,22)/t10-/m1/s1. The normalized spacial score (nSPS) is 13.6. The van der Waals surface area contributed by atoms with Gasteiger partial charge < -0.3 is 11.1 Å². The van der Waals surface area contributed by atoms with E-state index in [-0.39, 0.29) is 0 Å². The van der Waals surface area contributed by atoms with Crippen LogP contribution in [0.15, 0.2) is 18.2 Å². The predicted octanol–water partition coefficient (Wildman–Crippen LogP) is 2.47. The summed E-state index contributed by atoms with van der Waals surface area (Å²) in [6, 6.07) is 0.763. The van der Waals surface area contributed by atoms with Crippen molar-refractivity contribution in [1.29, 1.82) is 0 Å². The summed E-state index contributed by atoms with van der Waals surface area (Å²) in [5.74, 6) is -3.24. The second-order valence-corrected chi connectivity index (χ2v) is 5.87. The average molecular weight is 320 g/mol. The van der Waals surface area contributed by atoms with Gasteiger partial charge in [-0.2, -0.15) is 13.2 Å². The molecule has 1 atom stereocenters. The molecule has 8 heteroatoms. The lowest BCUT2D eigenvalue weighted by atomic mass is 9.86. The first-order valence-electron chi connectivity index (χ1n) is 6.31. The minimum atomic E-state index is -4.92. The topological polar surface area (TPSA) is 72.2 Å². The van der Waals surface area contributed by atoms with Crippen LogP contribution in [0.2, 0.25) is 0 Å². The van der Waals surface area contributed by atoms with Crippen LogP contribution in [-0.2, 0) is 11.0 Å². The lowest BCUT2D eigenvalue weighted by Crippen LogP contribution is -2.52. The van der Waals surface area contributed by atoms with Crippen LogP contribution in [0.3, 0.4) is 0 Å². The smallest absolute Gasteiger partial charge is 0.368 e. The molecule has 3 N–H and O–H groups in total. The summed E-state index contributed by atoms with van der Waals surface area (Å²) in [4.78, 5) is 23.3. The van der Waals surface area contributed by atoms with Gasteiger partial charge in [-0.25, -0.2) is 4.39 Å². The Labute approximate surface area is 124 Å². The highest BCUT2D eigenvalue weighted by atomic mass is 19.4. The summed E-state index contributed by atoms with van der Waals surface area (Å²) in [5.41, 5.74) is 2.49. The van der Waals surface area contributed by atoms with Gasteiger partial charge in [0.15, 0.2) is 0 Å². The molecule has 1 aromatic rings. The van der Waals surface area contributed by atoms with Gasteiger partial charge in [-0.1, -0.05) is 20.8 Å². The summed E-state index contributed by atoms with van der Waals surface area (Å²) in [5, 5.41) is 2.27. The molecule has 4 nitrogen and oxygen atoms in total. The Morgan fingerprint density at radius 2 is 1.73 bits per heavy atom. The SMILES string of the molecule is CC(C)(C)[C@H](NC(=O)c1ccc(F)c(C(F)(F)F)c1)C(N)=O. The van der Waals surface area contributed by atoms with E-state index in [1.807, 2.05) is 0 Å². The van der Waals surface area contributed by atoms with Crippen LogP contribution in [0.1, 0.15) is 36.7 Å².